The zero-order valence-electron chi connectivity index (χ0n) is 10.1. The van der Waals surface area contributed by atoms with Crippen molar-refractivity contribution in [1.29, 1.82) is 0 Å². The quantitative estimate of drug-likeness (QED) is 0.481. The van der Waals surface area contributed by atoms with E-state index in [0.717, 1.165) is 13.0 Å². The summed E-state index contributed by atoms with van der Waals surface area (Å²) in [5, 5.41) is 10.7. The molecule has 0 heterocycles. The molecule has 0 amide bonds. The summed E-state index contributed by atoms with van der Waals surface area (Å²) in [6.45, 7) is 2.43. The van der Waals surface area contributed by atoms with E-state index in [1.165, 1.54) is 6.92 Å². The third kappa shape index (κ3) is 3.21. The number of hydrogen-bond acceptors (Lipinski definition) is 4. The van der Waals surface area contributed by atoms with Crippen molar-refractivity contribution < 1.29 is 27.6 Å². The molecule has 0 aliphatic carbocycles. The molecule has 1 aromatic rings. The highest BCUT2D eigenvalue weighted by atomic mass is 19.4. The molecule has 0 aliphatic heterocycles. The molecule has 1 rings (SSSR count). The van der Waals surface area contributed by atoms with Gasteiger partial charge in [-0.2, -0.15) is 13.2 Å². The monoisotopic (exact) mass is 277 g/mol. The number of carbonyl (C=O) groups is 1. The van der Waals surface area contributed by atoms with Crippen molar-refractivity contribution >= 4 is 11.5 Å². The smallest absolute Gasteiger partial charge is 0.426 e. The van der Waals surface area contributed by atoms with Crippen molar-refractivity contribution in [2.75, 3.05) is 6.61 Å². The Morgan fingerprint density at radius 1 is 1.42 bits per heavy atom. The molecule has 5 nitrogen and oxygen atoms in total. The summed E-state index contributed by atoms with van der Waals surface area (Å²) in [7, 11) is 0. The molecule has 19 heavy (non-hydrogen) atoms. The van der Waals surface area contributed by atoms with Crippen molar-refractivity contribution in [1.82, 2.24) is 0 Å². The van der Waals surface area contributed by atoms with Crippen LogP contribution in [-0.4, -0.2) is 17.3 Å². The number of hydrogen-bond donors (Lipinski definition) is 0. The fraction of sp³-hybridized carbons (Fsp3) is 0.364. The van der Waals surface area contributed by atoms with Crippen LogP contribution < -0.4 is 4.74 Å². The number of rotatable bonds is 4. The van der Waals surface area contributed by atoms with Gasteiger partial charge in [0, 0.05) is 11.6 Å². The van der Waals surface area contributed by atoms with Gasteiger partial charge in [0.25, 0.3) is 5.69 Å². The maximum Gasteiger partial charge on any atom is 0.426 e. The fourth-order valence-corrected chi connectivity index (χ4v) is 1.50. The third-order valence-corrected chi connectivity index (χ3v) is 2.27. The highest BCUT2D eigenvalue weighted by Crippen LogP contribution is 2.43. The van der Waals surface area contributed by atoms with Gasteiger partial charge in [-0.25, -0.2) is 0 Å². The van der Waals surface area contributed by atoms with Gasteiger partial charge in [-0.05, 0) is 19.9 Å². The summed E-state index contributed by atoms with van der Waals surface area (Å²) in [5.41, 5.74) is -2.88. The first-order valence-corrected chi connectivity index (χ1v) is 5.21. The average Bonchev–Trinajstić information content (AvgIpc) is 2.26. The highest BCUT2D eigenvalue weighted by molar-refractivity contribution is 5.95. The van der Waals surface area contributed by atoms with Crippen LogP contribution in [0.1, 0.15) is 29.8 Å². The third-order valence-electron chi connectivity index (χ3n) is 2.27. The molecule has 0 unspecified atom stereocenters. The van der Waals surface area contributed by atoms with Gasteiger partial charge in [-0.3, -0.25) is 14.9 Å². The summed E-state index contributed by atoms with van der Waals surface area (Å²) in [4.78, 5) is 20.7. The lowest BCUT2D eigenvalue weighted by Crippen LogP contribution is -2.13. The Morgan fingerprint density at radius 2 is 2.00 bits per heavy atom. The van der Waals surface area contributed by atoms with Gasteiger partial charge >= 0.3 is 6.18 Å². The number of carbonyl (C=O) groups excluding carboxylic acids is 1. The second-order valence-electron chi connectivity index (χ2n) is 3.61. The molecule has 0 saturated carbocycles. The van der Waals surface area contributed by atoms with Crippen molar-refractivity contribution in [3.63, 3.8) is 0 Å². The van der Waals surface area contributed by atoms with Crippen LogP contribution in [0.3, 0.4) is 0 Å². The first-order valence-electron chi connectivity index (χ1n) is 5.21. The van der Waals surface area contributed by atoms with E-state index in [9.17, 15) is 28.1 Å². The lowest BCUT2D eigenvalue weighted by atomic mass is 10.0. The molecule has 0 saturated heterocycles. The van der Waals surface area contributed by atoms with E-state index in [2.05, 4.69) is 0 Å². The van der Waals surface area contributed by atoms with Crippen LogP contribution in [-0.2, 0) is 6.18 Å². The maximum absolute atomic E-state index is 12.9. The van der Waals surface area contributed by atoms with Gasteiger partial charge in [0.1, 0.15) is 5.75 Å². The maximum atomic E-state index is 12.9. The molecule has 0 bridgehead atoms. The second-order valence-corrected chi connectivity index (χ2v) is 3.61. The Labute approximate surface area is 106 Å². The Kier molecular flexibility index (Phi) is 4.13. The molecule has 8 heteroatoms. The van der Waals surface area contributed by atoms with Crippen LogP contribution in [0.2, 0.25) is 0 Å². The number of nitrogens with zero attached hydrogens (tertiary/aromatic N) is 1. The van der Waals surface area contributed by atoms with Gasteiger partial charge < -0.3 is 4.74 Å². The predicted octanol–water partition coefficient (Wildman–Crippen LogP) is 3.21. The molecule has 0 aromatic heterocycles. The SMILES string of the molecule is CCOc1cc(C(C)=O)cc([N+](=O)[O-])c1C(F)(F)F. The summed E-state index contributed by atoms with van der Waals surface area (Å²) in [6, 6.07) is 1.47. The van der Waals surface area contributed by atoms with E-state index < -0.39 is 33.9 Å². The minimum Gasteiger partial charge on any atom is -0.493 e. The van der Waals surface area contributed by atoms with E-state index in [1.807, 2.05) is 0 Å². The fourth-order valence-electron chi connectivity index (χ4n) is 1.50. The molecule has 0 N–H and O–H groups in total. The van der Waals surface area contributed by atoms with E-state index in [1.54, 1.807) is 0 Å². The Morgan fingerprint density at radius 3 is 2.37 bits per heavy atom. The number of ketones is 1. The molecular weight excluding hydrogens is 267 g/mol. The first-order chi connectivity index (χ1) is 8.68. The van der Waals surface area contributed by atoms with Crippen LogP contribution in [0.15, 0.2) is 12.1 Å². The van der Waals surface area contributed by atoms with Gasteiger partial charge in [0.2, 0.25) is 0 Å². The van der Waals surface area contributed by atoms with Crippen LogP contribution in [0.4, 0.5) is 18.9 Å². The minimum atomic E-state index is -4.94. The number of benzene rings is 1. The van der Waals surface area contributed by atoms with E-state index in [-0.39, 0.29) is 12.2 Å². The summed E-state index contributed by atoms with van der Waals surface area (Å²) < 4.78 is 43.3. The zero-order valence-corrected chi connectivity index (χ0v) is 10.1. The average molecular weight is 277 g/mol. The number of alkyl halides is 3. The van der Waals surface area contributed by atoms with Crippen LogP contribution >= 0.6 is 0 Å². The number of nitro benzene ring substituents is 1. The van der Waals surface area contributed by atoms with E-state index in [0.29, 0.717) is 6.07 Å². The highest BCUT2D eigenvalue weighted by Gasteiger charge is 2.42. The summed E-state index contributed by atoms with van der Waals surface area (Å²) >= 11 is 0. The molecule has 0 atom stereocenters. The lowest BCUT2D eigenvalue weighted by molar-refractivity contribution is -0.388. The van der Waals surface area contributed by atoms with Gasteiger partial charge in [0.05, 0.1) is 11.5 Å². The van der Waals surface area contributed by atoms with Crippen molar-refractivity contribution in [2.45, 2.75) is 20.0 Å². The molecular formula is C11H10F3NO4. The minimum absolute atomic E-state index is 0.110. The van der Waals surface area contributed by atoms with Gasteiger partial charge in [-0.15, -0.1) is 0 Å². The largest absolute Gasteiger partial charge is 0.493 e. The summed E-state index contributed by atoms with van der Waals surface area (Å²) in [6.07, 6.45) is -4.94. The molecule has 104 valence electrons. The number of halogens is 3. The van der Waals surface area contributed by atoms with Crippen molar-refractivity contribution in [2.24, 2.45) is 0 Å². The number of Topliss-reactive ketones (excluding diaryl/α,β-unsaturated/α-hetero) is 1. The summed E-state index contributed by atoms with van der Waals surface area (Å²) in [5.74, 6) is -1.30. The Balaban J connectivity index is 3.65. The standard InChI is InChI=1S/C11H10F3NO4/c1-3-19-9-5-7(6(2)16)4-8(15(17)18)10(9)11(12,13)14/h4-5H,3H2,1-2H3. The van der Waals surface area contributed by atoms with Crippen LogP contribution in [0.5, 0.6) is 5.75 Å². The number of ether oxygens (including phenoxy) is 1. The zero-order chi connectivity index (χ0) is 14.8. The Hall–Kier alpha value is -2.12. The van der Waals surface area contributed by atoms with Crippen LogP contribution in [0, 0.1) is 10.1 Å². The topological polar surface area (TPSA) is 69.4 Å². The normalized spacial score (nSPS) is 11.2. The van der Waals surface area contributed by atoms with E-state index in [4.69, 9.17) is 4.74 Å². The molecule has 1 aromatic carbocycles. The molecule has 0 fully saturated rings. The van der Waals surface area contributed by atoms with Crippen LogP contribution in [0.25, 0.3) is 0 Å². The lowest BCUT2D eigenvalue weighted by Gasteiger charge is -2.14. The molecule has 0 aliphatic rings. The van der Waals surface area contributed by atoms with E-state index >= 15 is 0 Å². The van der Waals surface area contributed by atoms with Crippen molar-refractivity contribution in [3.05, 3.63) is 33.4 Å². The molecule has 0 radical (unpaired) electrons. The van der Waals surface area contributed by atoms with Gasteiger partial charge in [0.15, 0.2) is 11.3 Å². The van der Waals surface area contributed by atoms with Gasteiger partial charge in [-0.1, -0.05) is 0 Å². The predicted molar refractivity (Wildman–Crippen MR) is 59.3 cm³/mol. The van der Waals surface area contributed by atoms with Crippen molar-refractivity contribution in [3.8, 4) is 5.75 Å². The first kappa shape index (κ1) is 14.9. The number of nitro groups is 1. The Bertz CT molecular complexity index is 525. The molecule has 0 spiro atoms. The second kappa shape index (κ2) is 5.25.